The van der Waals surface area contributed by atoms with Crippen LogP contribution < -0.4 is 23.5 Å². The molecular formula is HF6Nb. The van der Waals surface area contributed by atoms with Gasteiger partial charge in [-0.05, 0) is 0 Å². The average Bonchev–Trinajstić information content (AvgIpc) is 0. The van der Waals surface area contributed by atoms with Crippen LogP contribution in [0, 0.1) is 0 Å². The van der Waals surface area contributed by atoms with E-state index in [2.05, 4.69) is 0 Å². The van der Waals surface area contributed by atoms with E-state index in [1.165, 1.54) is 0 Å². The van der Waals surface area contributed by atoms with E-state index in [1.54, 1.807) is 0 Å². The van der Waals surface area contributed by atoms with Gasteiger partial charge in [0.15, 0.2) is 0 Å². The maximum absolute atomic E-state index is 0. The average molecular weight is 208 g/mol. The monoisotopic (exact) mass is 208 g/mol. The van der Waals surface area contributed by atoms with Crippen molar-refractivity contribution in [1.82, 2.24) is 0 Å². The molecule has 0 radical (unpaired) electrons. The Morgan fingerprint density at radius 1 is 0.429 bits per heavy atom. The topological polar surface area (TPSA) is 0 Å². The zero-order chi connectivity index (χ0) is 0. The van der Waals surface area contributed by atoms with Crippen molar-refractivity contribution in [3.8, 4) is 0 Å². The Morgan fingerprint density at radius 2 is 0.429 bits per heavy atom. The number of hydrogen-bond acceptors (Lipinski definition) is 0. The van der Waals surface area contributed by atoms with Crippen molar-refractivity contribution in [2.45, 2.75) is 0 Å². The minimum atomic E-state index is 0. The van der Waals surface area contributed by atoms with Gasteiger partial charge in [-0.25, -0.2) is 0 Å². The fraction of sp³-hybridized carbons (Fsp3) is 0. The second kappa shape index (κ2) is 1740. The maximum atomic E-state index is 0. The summed E-state index contributed by atoms with van der Waals surface area (Å²) in [5.74, 6) is 0. The summed E-state index contributed by atoms with van der Waals surface area (Å²) in [5, 5.41) is 0. The molecule has 7 heteroatoms. The van der Waals surface area contributed by atoms with Crippen LogP contribution in [-0.4, -0.2) is 0 Å². The maximum Gasteiger partial charge on any atom is 5.00 e. The minimum Gasteiger partial charge on any atom is -1.00 e. The molecule has 0 saturated heterocycles. The Bertz CT molecular complexity index is 4.14. The Kier molecular flexibility index (Phi) is 710000. The summed E-state index contributed by atoms with van der Waals surface area (Å²) in [4.78, 5) is 0. The fourth-order valence-electron chi connectivity index (χ4n) is 0. The molecule has 0 unspecified atom stereocenters. The number of hydrogen-bond donors (Lipinski definition) is 0. The van der Waals surface area contributed by atoms with E-state index in [-0.39, 0.29) is 50.6 Å². The van der Waals surface area contributed by atoms with Crippen LogP contribution in [0.1, 0.15) is 0 Å². The minimum absolute atomic E-state index is 0. The Balaban J connectivity index is 0. The molecule has 0 aliphatic rings. The molecule has 0 spiro atoms. The third-order valence-electron chi connectivity index (χ3n) is 0. The summed E-state index contributed by atoms with van der Waals surface area (Å²) in [5.41, 5.74) is 0. The zero-order valence-corrected chi connectivity index (χ0v) is 4.94. The van der Waals surface area contributed by atoms with Crippen LogP contribution in [0.25, 0.3) is 0 Å². The van der Waals surface area contributed by atoms with Gasteiger partial charge in [-0.1, -0.05) is 0 Å². The first-order valence-electron chi connectivity index (χ1n) is 0. The molecule has 7 heavy (non-hydrogen) atoms. The largest absolute Gasteiger partial charge is 5.00 e. The van der Waals surface area contributed by atoms with Crippen molar-refractivity contribution in [1.29, 1.82) is 0 Å². The third-order valence-corrected chi connectivity index (χ3v) is 0. The van der Waals surface area contributed by atoms with Crippen molar-refractivity contribution in [2.75, 3.05) is 0 Å². The van der Waals surface area contributed by atoms with E-state index in [0.717, 1.165) is 0 Å². The standard InChI is InChI=1S/6FH.Nb/h6*1H;/q;;;;;;+5/p-5. The van der Waals surface area contributed by atoms with Crippen LogP contribution in [0.4, 0.5) is 4.70 Å². The van der Waals surface area contributed by atoms with Crippen LogP contribution in [0.5, 0.6) is 0 Å². The summed E-state index contributed by atoms with van der Waals surface area (Å²) in [6, 6.07) is 0. The molecule has 0 aromatic heterocycles. The van der Waals surface area contributed by atoms with Crippen molar-refractivity contribution in [2.24, 2.45) is 0 Å². The molecule has 0 atom stereocenters. The van der Waals surface area contributed by atoms with Crippen molar-refractivity contribution >= 4 is 0 Å². The van der Waals surface area contributed by atoms with E-state index < -0.39 is 0 Å². The van der Waals surface area contributed by atoms with E-state index in [9.17, 15) is 0 Å². The molecule has 0 aliphatic heterocycles. The first-order valence-corrected chi connectivity index (χ1v) is 0. The van der Waals surface area contributed by atoms with Gasteiger partial charge >= 0.3 is 22.4 Å². The van der Waals surface area contributed by atoms with E-state index >= 15 is 0 Å². The van der Waals surface area contributed by atoms with Gasteiger partial charge in [-0.3, -0.25) is 4.70 Å². The SMILES string of the molecule is F.[F-].[F-].[F-].[F-].[F-].[Nb+5]. The fourth-order valence-corrected chi connectivity index (χ4v) is 0. The van der Waals surface area contributed by atoms with Gasteiger partial charge in [0.1, 0.15) is 0 Å². The van der Waals surface area contributed by atoms with Crippen LogP contribution in [0.15, 0.2) is 0 Å². The Labute approximate surface area is 51.4 Å². The van der Waals surface area contributed by atoms with Gasteiger partial charge in [-0.15, -0.1) is 0 Å². The number of halogens is 6. The van der Waals surface area contributed by atoms with Crippen molar-refractivity contribution in [3.63, 3.8) is 0 Å². The summed E-state index contributed by atoms with van der Waals surface area (Å²) in [7, 11) is 0. The summed E-state index contributed by atoms with van der Waals surface area (Å²) in [6.07, 6.45) is 0. The van der Waals surface area contributed by atoms with Crippen LogP contribution in [0.2, 0.25) is 0 Å². The normalized spacial score (nSPS) is 0. The summed E-state index contributed by atoms with van der Waals surface area (Å²) in [6.45, 7) is 0. The van der Waals surface area contributed by atoms with Gasteiger partial charge in [0, 0.05) is 0 Å². The molecule has 48 valence electrons. The molecular weight excluding hydrogens is 207 g/mol. The predicted octanol–water partition coefficient (Wildman–Crippen LogP) is -14.8. The summed E-state index contributed by atoms with van der Waals surface area (Å²) >= 11 is 0. The van der Waals surface area contributed by atoms with Gasteiger partial charge in [0.05, 0.1) is 0 Å². The van der Waals surface area contributed by atoms with Crippen LogP contribution in [-0.2, 0) is 22.4 Å². The van der Waals surface area contributed by atoms with Gasteiger partial charge < -0.3 is 23.5 Å². The molecule has 0 rings (SSSR count). The third kappa shape index (κ3) is 1150. The smallest absolute Gasteiger partial charge is 1.00 e. The molecule has 0 fully saturated rings. The Morgan fingerprint density at radius 3 is 0.429 bits per heavy atom. The Hall–Kier alpha value is 0.320. The molecule has 0 aromatic rings. The van der Waals surface area contributed by atoms with Crippen molar-refractivity contribution < 1.29 is 50.6 Å². The van der Waals surface area contributed by atoms with Gasteiger partial charge in [-0.2, -0.15) is 0 Å². The van der Waals surface area contributed by atoms with Crippen LogP contribution in [0.3, 0.4) is 0 Å². The molecule has 0 saturated carbocycles. The number of rotatable bonds is 0. The van der Waals surface area contributed by atoms with Crippen molar-refractivity contribution in [3.05, 3.63) is 0 Å². The molecule has 0 aromatic carbocycles. The van der Waals surface area contributed by atoms with E-state index in [0.29, 0.717) is 0 Å². The summed E-state index contributed by atoms with van der Waals surface area (Å²) < 4.78 is 0. The molecule has 0 nitrogen and oxygen atoms in total. The zero-order valence-electron chi connectivity index (χ0n) is 2.75. The quantitative estimate of drug-likeness (QED) is 0.274. The molecule has 0 amide bonds. The molecule has 0 bridgehead atoms. The first kappa shape index (κ1) is 2850. The molecule has 0 N–H and O–H groups in total. The first-order chi connectivity index (χ1) is 0. The van der Waals surface area contributed by atoms with Gasteiger partial charge in [0.2, 0.25) is 0 Å². The van der Waals surface area contributed by atoms with Crippen LogP contribution >= 0.6 is 0 Å². The van der Waals surface area contributed by atoms with E-state index in [4.69, 9.17) is 0 Å². The molecule has 0 aliphatic carbocycles. The second-order valence-corrected chi connectivity index (χ2v) is 0. The molecule has 0 heterocycles. The predicted molar refractivity (Wildman–Crippen MR) is 2.50 cm³/mol. The van der Waals surface area contributed by atoms with Gasteiger partial charge in [0.25, 0.3) is 0 Å². The second-order valence-electron chi connectivity index (χ2n) is 0. The van der Waals surface area contributed by atoms with E-state index in [1.807, 2.05) is 0 Å².